The maximum atomic E-state index is 12.5. The fourth-order valence-corrected chi connectivity index (χ4v) is 4.57. The van der Waals surface area contributed by atoms with Gasteiger partial charge in [0.25, 0.3) is 0 Å². The Labute approximate surface area is 195 Å². The van der Waals surface area contributed by atoms with E-state index in [-0.39, 0.29) is 18.2 Å². The molecule has 1 saturated carbocycles. The minimum atomic E-state index is -0.258. The number of amides is 2. The number of hydrogen-bond acceptors (Lipinski definition) is 8. The van der Waals surface area contributed by atoms with E-state index in [4.69, 9.17) is 9.57 Å². The molecular weight excluding hydrogens is 473 g/mol. The summed E-state index contributed by atoms with van der Waals surface area (Å²) in [6.07, 6.45) is 10.5. The van der Waals surface area contributed by atoms with Crippen molar-refractivity contribution in [1.82, 2.24) is 20.3 Å². The Morgan fingerprint density at radius 1 is 1.25 bits per heavy atom. The van der Waals surface area contributed by atoms with Gasteiger partial charge in [-0.25, -0.2) is 0 Å². The molecule has 11 heteroatoms. The molecule has 170 valence electrons. The average Bonchev–Trinajstić information content (AvgIpc) is 3.46. The summed E-state index contributed by atoms with van der Waals surface area (Å²) < 4.78 is 6.75. The number of ether oxygens (including phenoxy) is 1. The number of pyridine rings is 1. The third-order valence-corrected chi connectivity index (χ3v) is 6.55. The predicted octanol–water partition coefficient (Wildman–Crippen LogP) is 0.832. The Balaban J connectivity index is 1.30. The number of aromatic nitrogens is 3. The number of rotatable bonds is 7. The predicted molar refractivity (Wildman–Crippen MR) is 125 cm³/mol. The van der Waals surface area contributed by atoms with Crippen LogP contribution < -0.4 is 24.8 Å². The van der Waals surface area contributed by atoms with E-state index in [1.54, 1.807) is 24.8 Å². The molecule has 4 rings (SSSR count). The summed E-state index contributed by atoms with van der Waals surface area (Å²) in [6.45, 7) is 1.42. The number of urea groups is 1. The molecule has 1 aliphatic carbocycles. The molecule has 0 aromatic carbocycles. The number of oxime groups is 1. The zero-order valence-electron chi connectivity index (χ0n) is 18.0. The van der Waals surface area contributed by atoms with E-state index < -0.39 is 0 Å². The Bertz CT molecular complexity index is 951. The zero-order chi connectivity index (χ0) is 22.3. The van der Waals surface area contributed by atoms with Gasteiger partial charge in [0, 0.05) is 0 Å². The van der Waals surface area contributed by atoms with Gasteiger partial charge in [-0.3, -0.25) is 0 Å². The fourth-order valence-electron chi connectivity index (χ4n) is 4.00. The molecule has 0 spiro atoms. The van der Waals surface area contributed by atoms with Crippen LogP contribution in [0.5, 0.6) is 5.88 Å². The standard InChI is InChI=1S/C21H28AsN7O3/c1-31-26-11-17-19(22)24-13-25-20(17)29-9-8-15(12-29)28-21(30)27-14-6-7-18(23-10-14)32-16-4-2-3-5-16/h6-7,10-11,13,15-16H,2-5,8-9,12,22H2,1H3,(H2,27,28,30). The van der Waals surface area contributed by atoms with Gasteiger partial charge in [0.05, 0.1) is 0 Å². The molecule has 32 heavy (non-hydrogen) atoms. The molecular formula is C21H28AsN7O3. The van der Waals surface area contributed by atoms with E-state index in [1.807, 2.05) is 6.07 Å². The molecule has 2 aromatic heterocycles. The molecule has 2 aliphatic rings. The summed E-state index contributed by atoms with van der Waals surface area (Å²) in [5, 5.41) is 9.74. The van der Waals surface area contributed by atoms with E-state index in [2.05, 4.69) is 35.6 Å². The van der Waals surface area contributed by atoms with E-state index in [1.165, 1.54) is 36.8 Å². The van der Waals surface area contributed by atoms with Gasteiger partial charge in [0.2, 0.25) is 5.88 Å². The molecule has 2 fully saturated rings. The molecule has 2 amide bonds. The summed E-state index contributed by atoms with van der Waals surface area (Å²) >= 11 is 1.39. The first-order chi connectivity index (χ1) is 15.6. The molecule has 3 heterocycles. The maximum absolute atomic E-state index is 12.5. The van der Waals surface area contributed by atoms with Crippen molar-refractivity contribution in [2.24, 2.45) is 5.16 Å². The van der Waals surface area contributed by atoms with Crippen LogP contribution in [0.4, 0.5) is 16.3 Å². The Morgan fingerprint density at radius 2 is 2.09 bits per heavy atom. The van der Waals surface area contributed by atoms with E-state index >= 15 is 0 Å². The third kappa shape index (κ3) is 5.67. The zero-order valence-corrected chi connectivity index (χ0v) is 20.5. The number of hydrogen-bond donors (Lipinski definition) is 2. The topological polar surface area (TPSA) is 114 Å². The van der Waals surface area contributed by atoms with Crippen molar-refractivity contribution in [3.8, 4) is 5.88 Å². The minimum absolute atomic E-state index is 0.000859. The summed E-state index contributed by atoms with van der Waals surface area (Å²) in [6, 6.07) is 3.35. The van der Waals surface area contributed by atoms with Crippen LogP contribution in [0.3, 0.4) is 0 Å². The van der Waals surface area contributed by atoms with Gasteiger partial charge in [0.1, 0.15) is 6.10 Å². The average molecular weight is 501 g/mol. The van der Waals surface area contributed by atoms with Crippen LogP contribution in [0.15, 0.2) is 29.8 Å². The first-order valence-corrected chi connectivity index (χ1v) is 12.0. The number of carbonyl (C=O) groups is 1. The second-order valence-corrected chi connectivity index (χ2v) is 9.00. The van der Waals surface area contributed by atoms with Crippen LogP contribution in [0.1, 0.15) is 37.7 Å². The van der Waals surface area contributed by atoms with Crippen molar-refractivity contribution in [2.45, 2.75) is 44.2 Å². The van der Waals surface area contributed by atoms with Gasteiger partial charge in [0.15, 0.2) is 0 Å². The van der Waals surface area contributed by atoms with Crippen molar-refractivity contribution >= 4 is 45.1 Å². The summed E-state index contributed by atoms with van der Waals surface area (Å²) in [7, 11) is 1.50. The monoisotopic (exact) mass is 501 g/mol. The molecule has 1 saturated heterocycles. The van der Waals surface area contributed by atoms with Gasteiger partial charge in [-0.15, -0.1) is 0 Å². The van der Waals surface area contributed by atoms with Crippen LogP contribution in [-0.4, -0.2) is 76.4 Å². The molecule has 0 radical (unpaired) electrons. The van der Waals surface area contributed by atoms with Gasteiger partial charge < -0.3 is 4.74 Å². The molecule has 2 N–H and O–H groups in total. The van der Waals surface area contributed by atoms with Crippen LogP contribution in [0.25, 0.3) is 0 Å². The number of carbonyl (C=O) groups excluding carboxylic acids is 1. The number of nitrogens with zero attached hydrogens (tertiary/aromatic N) is 5. The Morgan fingerprint density at radius 3 is 2.84 bits per heavy atom. The third-order valence-electron chi connectivity index (χ3n) is 5.59. The molecule has 2 atom stereocenters. The van der Waals surface area contributed by atoms with E-state index in [0.717, 1.165) is 41.7 Å². The molecule has 2 unspecified atom stereocenters. The van der Waals surface area contributed by atoms with Crippen molar-refractivity contribution in [3.05, 3.63) is 30.2 Å². The summed E-state index contributed by atoms with van der Waals surface area (Å²) in [4.78, 5) is 32.4. The SMILES string of the molecule is CON=Cc1c([AsH2])ncnc1N1CCC(NC(=O)Nc2ccc(OC3CCCC3)nc2)C1. The van der Waals surface area contributed by atoms with E-state index in [0.29, 0.717) is 18.1 Å². The van der Waals surface area contributed by atoms with Gasteiger partial charge >= 0.3 is 153 Å². The quantitative estimate of drug-likeness (QED) is 0.328. The van der Waals surface area contributed by atoms with Gasteiger partial charge in [-0.05, 0) is 25.7 Å². The number of anilines is 2. The molecule has 0 bridgehead atoms. The van der Waals surface area contributed by atoms with Crippen molar-refractivity contribution in [1.29, 1.82) is 0 Å². The second-order valence-electron chi connectivity index (χ2n) is 7.85. The van der Waals surface area contributed by atoms with Crippen LogP contribution in [0, 0.1) is 0 Å². The van der Waals surface area contributed by atoms with Crippen molar-refractivity contribution in [2.75, 3.05) is 30.4 Å². The normalized spacial score (nSPS) is 18.8. The Kier molecular flexibility index (Phi) is 7.42. The van der Waals surface area contributed by atoms with Gasteiger partial charge in [-0.1, -0.05) is 0 Å². The molecule has 1 aliphatic heterocycles. The first kappa shape index (κ1) is 22.3. The second kappa shape index (κ2) is 10.6. The molecule has 2 aromatic rings. The summed E-state index contributed by atoms with van der Waals surface area (Å²) in [5.41, 5.74) is 1.47. The van der Waals surface area contributed by atoms with Crippen molar-refractivity contribution in [3.63, 3.8) is 0 Å². The fraction of sp³-hybridized carbons (Fsp3) is 0.476. The number of nitrogens with one attached hydrogen (secondary N) is 2. The van der Waals surface area contributed by atoms with Crippen LogP contribution in [0.2, 0.25) is 0 Å². The Hall–Kier alpha value is -2.87. The van der Waals surface area contributed by atoms with Crippen molar-refractivity contribution < 1.29 is 14.4 Å². The van der Waals surface area contributed by atoms with Crippen LogP contribution in [-0.2, 0) is 4.84 Å². The van der Waals surface area contributed by atoms with Crippen LogP contribution >= 0.6 is 0 Å². The molecule has 10 nitrogen and oxygen atoms in total. The first-order valence-electron chi connectivity index (χ1n) is 10.7. The summed E-state index contributed by atoms with van der Waals surface area (Å²) in [5.74, 6) is 1.40. The van der Waals surface area contributed by atoms with E-state index in [9.17, 15) is 4.79 Å². The van der Waals surface area contributed by atoms with Gasteiger partial charge in [-0.2, -0.15) is 0 Å².